The third kappa shape index (κ3) is 3.70. The first-order chi connectivity index (χ1) is 11.8. The molecule has 4 rings (SSSR count). The molecule has 132 valence electrons. The summed E-state index contributed by atoms with van der Waals surface area (Å²) in [5.41, 5.74) is 2.39. The summed E-state index contributed by atoms with van der Waals surface area (Å²) in [6.07, 6.45) is 7.78. The van der Waals surface area contributed by atoms with Crippen LogP contribution in [-0.4, -0.2) is 49.4 Å². The van der Waals surface area contributed by atoms with Crippen molar-refractivity contribution in [1.29, 1.82) is 0 Å². The Kier molecular flexibility index (Phi) is 4.95. The van der Waals surface area contributed by atoms with Gasteiger partial charge in [0.2, 0.25) is 0 Å². The molecule has 1 aromatic rings. The number of ether oxygens (including phenoxy) is 2. The van der Waals surface area contributed by atoms with Gasteiger partial charge in [-0.15, -0.1) is 0 Å². The summed E-state index contributed by atoms with van der Waals surface area (Å²) in [7, 11) is 0. The van der Waals surface area contributed by atoms with Crippen molar-refractivity contribution in [1.82, 2.24) is 4.90 Å². The van der Waals surface area contributed by atoms with Crippen LogP contribution in [-0.2, 0) is 4.74 Å². The molecule has 0 saturated carbocycles. The van der Waals surface area contributed by atoms with Gasteiger partial charge < -0.3 is 19.7 Å². The molecule has 1 aromatic carbocycles. The van der Waals surface area contributed by atoms with Crippen LogP contribution in [0.3, 0.4) is 0 Å². The summed E-state index contributed by atoms with van der Waals surface area (Å²) in [5.74, 6) is 0.986. The fourth-order valence-electron chi connectivity index (χ4n) is 4.40. The van der Waals surface area contributed by atoms with E-state index in [1.807, 2.05) is 0 Å². The quantitative estimate of drug-likeness (QED) is 0.894. The molecule has 0 radical (unpaired) electrons. The van der Waals surface area contributed by atoms with E-state index < -0.39 is 0 Å². The Balaban J connectivity index is 1.40. The highest BCUT2D eigenvalue weighted by Crippen LogP contribution is 2.32. The molecule has 3 saturated heterocycles. The predicted octanol–water partition coefficient (Wildman–Crippen LogP) is 3.59. The van der Waals surface area contributed by atoms with Gasteiger partial charge in [-0.2, -0.15) is 0 Å². The summed E-state index contributed by atoms with van der Waals surface area (Å²) in [4.78, 5) is 2.67. The smallest absolute Gasteiger partial charge is 0.142 e. The van der Waals surface area contributed by atoms with Crippen molar-refractivity contribution < 1.29 is 9.47 Å². The standard InChI is InChI=1S/C20H30N2O2/c1-15-6-7-19(20(12-15)24-14-18-5-3-11-23-18)21-16-8-10-22-9-2-4-17(22)13-16/h6-7,12,16-18,21H,2-5,8-11,13-14H2,1H3. The Bertz CT molecular complexity index is 557. The fourth-order valence-corrected chi connectivity index (χ4v) is 4.40. The Labute approximate surface area is 145 Å². The zero-order chi connectivity index (χ0) is 16.4. The van der Waals surface area contributed by atoms with Gasteiger partial charge >= 0.3 is 0 Å². The molecule has 3 atom stereocenters. The maximum Gasteiger partial charge on any atom is 0.142 e. The Morgan fingerprint density at radius 1 is 1.21 bits per heavy atom. The van der Waals surface area contributed by atoms with E-state index in [9.17, 15) is 0 Å². The highest BCUT2D eigenvalue weighted by atomic mass is 16.5. The van der Waals surface area contributed by atoms with Crippen LogP contribution in [0.1, 0.15) is 44.1 Å². The Hall–Kier alpha value is -1.26. The number of fused-ring (bicyclic) bond motifs is 1. The zero-order valence-electron chi connectivity index (χ0n) is 14.8. The molecule has 3 unspecified atom stereocenters. The number of anilines is 1. The van der Waals surface area contributed by atoms with Crippen LogP contribution in [0.25, 0.3) is 0 Å². The van der Waals surface area contributed by atoms with Crippen LogP contribution in [0.4, 0.5) is 5.69 Å². The van der Waals surface area contributed by atoms with Crippen molar-refractivity contribution in [2.24, 2.45) is 0 Å². The summed E-state index contributed by atoms with van der Waals surface area (Å²) in [6.45, 7) is 6.21. The lowest BCUT2D eigenvalue weighted by Crippen LogP contribution is -2.42. The highest BCUT2D eigenvalue weighted by molar-refractivity contribution is 5.58. The molecular weight excluding hydrogens is 300 g/mol. The minimum Gasteiger partial charge on any atom is -0.489 e. The summed E-state index contributed by atoms with van der Waals surface area (Å²) in [5, 5.41) is 3.77. The van der Waals surface area contributed by atoms with Crippen LogP contribution in [0.15, 0.2) is 18.2 Å². The molecule has 0 amide bonds. The average Bonchev–Trinajstić information content (AvgIpc) is 3.25. The van der Waals surface area contributed by atoms with Crippen molar-refractivity contribution in [3.05, 3.63) is 23.8 Å². The monoisotopic (exact) mass is 330 g/mol. The topological polar surface area (TPSA) is 33.7 Å². The maximum atomic E-state index is 6.13. The normalized spacial score (nSPS) is 30.3. The molecule has 3 aliphatic rings. The van der Waals surface area contributed by atoms with Crippen molar-refractivity contribution in [3.63, 3.8) is 0 Å². The largest absolute Gasteiger partial charge is 0.489 e. The predicted molar refractivity (Wildman–Crippen MR) is 96.9 cm³/mol. The van der Waals surface area contributed by atoms with Gasteiger partial charge in [-0.25, -0.2) is 0 Å². The number of nitrogens with one attached hydrogen (secondary N) is 1. The first-order valence-corrected chi connectivity index (χ1v) is 9.63. The van der Waals surface area contributed by atoms with Crippen LogP contribution < -0.4 is 10.1 Å². The van der Waals surface area contributed by atoms with Crippen molar-refractivity contribution in [2.75, 3.05) is 31.6 Å². The van der Waals surface area contributed by atoms with E-state index in [0.717, 1.165) is 36.9 Å². The molecule has 0 aromatic heterocycles. The summed E-state index contributed by atoms with van der Waals surface area (Å²) < 4.78 is 11.8. The van der Waals surface area contributed by atoms with E-state index in [4.69, 9.17) is 9.47 Å². The van der Waals surface area contributed by atoms with E-state index >= 15 is 0 Å². The maximum absolute atomic E-state index is 6.13. The first kappa shape index (κ1) is 16.2. The van der Waals surface area contributed by atoms with E-state index in [1.165, 1.54) is 44.3 Å². The second-order valence-corrected chi connectivity index (χ2v) is 7.64. The molecule has 0 bridgehead atoms. The molecule has 3 heterocycles. The van der Waals surface area contributed by atoms with E-state index in [2.05, 4.69) is 35.3 Å². The SMILES string of the molecule is Cc1ccc(NC2CCN3CCCC3C2)c(OCC2CCCO2)c1. The molecule has 3 fully saturated rings. The molecule has 0 spiro atoms. The lowest BCUT2D eigenvalue weighted by atomic mass is 9.97. The van der Waals surface area contributed by atoms with Crippen LogP contribution in [0.5, 0.6) is 5.75 Å². The highest BCUT2D eigenvalue weighted by Gasteiger charge is 2.31. The molecular formula is C20H30N2O2. The van der Waals surface area contributed by atoms with Gasteiger partial charge in [0.1, 0.15) is 12.4 Å². The van der Waals surface area contributed by atoms with Crippen LogP contribution >= 0.6 is 0 Å². The summed E-state index contributed by atoms with van der Waals surface area (Å²) >= 11 is 0. The Morgan fingerprint density at radius 2 is 2.17 bits per heavy atom. The number of hydrogen-bond donors (Lipinski definition) is 1. The summed E-state index contributed by atoms with van der Waals surface area (Å²) in [6, 6.07) is 7.87. The Morgan fingerprint density at radius 3 is 3.04 bits per heavy atom. The second kappa shape index (κ2) is 7.32. The molecule has 4 heteroatoms. The number of benzene rings is 1. The molecule has 4 nitrogen and oxygen atoms in total. The van der Waals surface area contributed by atoms with Gasteiger partial charge in [-0.1, -0.05) is 6.07 Å². The van der Waals surface area contributed by atoms with Crippen LogP contribution in [0.2, 0.25) is 0 Å². The first-order valence-electron chi connectivity index (χ1n) is 9.63. The van der Waals surface area contributed by atoms with Crippen LogP contribution in [0, 0.1) is 6.92 Å². The molecule has 24 heavy (non-hydrogen) atoms. The molecule has 0 aliphatic carbocycles. The third-order valence-electron chi connectivity index (χ3n) is 5.77. The van der Waals surface area contributed by atoms with E-state index in [-0.39, 0.29) is 6.10 Å². The average molecular weight is 330 g/mol. The van der Waals surface area contributed by atoms with Gasteiger partial charge in [0, 0.05) is 25.2 Å². The minimum absolute atomic E-state index is 0.264. The number of rotatable bonds is 5. The molecule has 3 aliphatic heterocycles. The minimum atomic E-state index is 0.264. The van der Waals surface area contributed by atoms with Gasteiger partial charge in [-0.3, -0.25) is 0 Å². The van der Waals surface area contributed by atoms with E-state index in [1.54, 1.807) is 0 Å². The number of aryl methyl sites for hydroxylation is 1. The van der Waals surface area contributed by atoms with Gasteiger partial charge in [0.25, 0.3) is 0 Å². The number of nitrogens with zero attached hydrogens (tertiary/aromatic N) is 1. The van der Waals surface area contributed by atoms with Gasteiger partial charge in [0.05, 0.1) is 11.8 Å². The van der Waals surface area contributed by atoms with E-state index in [0.29, 0.717) is 12.6 Å². The van der Waals surface area contributed by atoms with Crippen molar-refractivity contribution in [2.45, 2.75) is 63.6 Å². The lowest BCUT2D eigenvalue weighted by molar-refractivity contribution is 0.0681. The lowest BCUT2D eigenvalue weighted by Gasteiger charge is -2.35. The zero-order valence-corrected chi connectivity index (χ0v) is 14.8. The third-order valence-corrected chi connectivity index (χ3v) is 5.77. The van der Waals surface area contributed by atoms with Gasteiger partial charge in [-0.05, 0) is 69.7 Å². The van der Waals surface area contributed by atoms with Gasteiger partial charge in [0.15, 0.2) is 0 Å². The van der Waals surface area contributed by atoms with Crippen molar-refractivity contribution in [3.8, 4) is 5.75 Å². The number of piperidine rings is 1. The number of hydrogen-bond acceptors (Lipinski definition) is 4. The molecule has 1 N–H and O–H groups in total. The second-order valence-electron chi connectivity index (χ2n) is 7.64. The fraction of sp³-hybridized carbons (Fsp3) is 0.700. The van der Waals surface area contributed by atoms with Crippen molar-refractivity contribution >= 4 is 5.69 Å².